The Morgan fingerprint density at radius 2 is 1.83 bits per heavy atom. The Hall–Kier alpha value is -3.06. The maximum absolute atomic E-state index is 12.3. The fraction of sp³-hybridized carbons (Fsp3) is 0.391. The van der Waals surface area contributed by atoms with Crippen LogP contribution in [-0.2, 0) is 9.53 Å². The first-order chi connectivity index (χ1) is 14.5. The number of carbonyl (C=O) groups is 2. The summed E-state index contributed by atoms with van der Waals surface area (Å²) < 4.78 is 10.8. The van der Waals surface area contributed by atoms with Gasteiger partial charge in [-0.15, -0.1) is 0 Å². The van der Waals surface area contributed by atoms with Crippen molar-refractivity contribution >= 4 is 23.2 Å². The van der Waals surface area contributed by atoms with E-state index < -0.39 is 0 Å². The molecule has 2 amide bonds. The first kappa shape index (κ1) is 23.2. The molecule has 1 unspecified atom stereocenters. The first-order valence-corrected chi connectivity index (χ1v) is 10.2. The third-order valence-electron chi connectivity index (χ3n) is 4.42. The number of anilines is 2. The molecule has 0 heterocycles. The molecule has 0 saturated heterocycles. The fourth-order valence-electron chi connectivity index (χ4n) is 2.64. The number of hydrogen-bond acceptors (Lipinski definition) is 5. The van der Waals surface area contributed by atoms with Gasteiger partial charge in [-0.3, -0.25) is 9.59 Å². The van der Waals surface area contributed by atoms with Crippen LogP contribution < -0.4 is 20.7 Å². The van der Waals surface area contributed by atoms with Gasteiger partial charge >= 0.3 is 0 Å². The van der Waals surface area contributed by atoms with Crippen molar-refractivity contribution < 1.29 is 19.1 Å². The Labute approximate surface area is 178 Å². The van der Waals surface area contributed by atoms with E-state index in [1.807, 2.05) is 31.2 Å². The number of nitrogens with one attached hydrogen (secondary N) is 3. The van der Waals surface area contributed by atoms with Gasteiger partial charge in [0.15, 0.2) is 0 Å². The Balaban J connectivity index is 1.85. The van der Waals surface area contributed by atoms with Gasteiger partial charge in [0, 0.05) is 43.3 Å². The van der Waals surface area contributed by atoms with Gasteiger partial charge < -0.3 is 25.4 Å². The van der Waals surface area contributed by atoms with Crippen LogP contribution >= 0.6 is 0 Å². The number of hydrogen-bond donors (Lipinski definition) is 3. The molecule has 0 bridgehead atoms. The average molecular weight is 414 g/mol. The highest BCUT2D eigenvalue weighted by molar-refractivity contribution is 5.98. The highest BCUT2D eigenvalue weighted by atomic mass is 16.5. The van der Waals surface area contributed by atoms with Crippen molar-refractivity contribution in [2.24, 2.45) is 0 Å². The average Bonchev–Trinajstić information content (AvgIpc) is 2.75. The largest absolute Gasteiger partial charge is 0.491 e. The van der Waals surface area contributed by atoms with Crippen LogP contribution in [0.5, 0.6) is 5.75 Å². The van der Waals surface area contributed by atoms with E-state index in [4.69, 9.17) is 9.47 Å². The quantitative estimate of drug-likeness (QED) is 0.462. The summed E-state index contributed by atoms with van der Waals surface area (Å²) in [4.78, 5) is 24.5. The van der Waals surface area contributed by atoms with Crippen molar-refractivity contribution in [3.63, 3.8) is 0 Å². The van der Waals surface area contributed by atoms with Gasteiger partial charge in [-0.1, -0.05) is 19.1 Å². The van der Waals surface area contributed by atoms with Crippen LogP contribution in [0.2, 0.25) is 0 Å². The molecule has 2 aromatic carbocycles. The minimum absolute atomic E-state index is 0.0974. The zero-order valence-electron chi connectivity index (χ0n) is 17.9. The molecule has 2 aromatic rings. The molecule has 162 valence electrons. The Morgan fingerprint density at radius 1 is 1.07 bits per heavy atom. The molecule has 0 spiro atoms. The predicted octanol–water partition coefficient (Wildman–Crippen LogP) is 3.68. The van der Waals surface area contributed by atoms with Crippen molar-refractivity contribution in [2.45, 2.75) is 32.8 Å². The smallest absolute Gasteiger partial charge is 0.251 e. The van der Waals surface area contributed by atoms with Crippen LogP contribution in [-0.4, -0.2) is 44.7 Å². The van der Waals surface area contributed by atoms with Gasteiger partial charge in [0.05, 0.1) is 12.6 Å². The number of benzene rings is 2. The van der Waals surface area contributed by atoms with Crippen molar-refractivity contribution in [3.8, 4) is 5.75 Å². The van der Waals surface area contributed by atoms with E-state index in [9.17, 15) is 9.59 Å². The molecule has 0 aliphatic heterocycles. The van der Waals surface area contributed by atoms with Gasteiger partial charge in [-0.05, 0) is 50.1 Å². The molecule has 30 heavy (non-hydrogen) atoms. The number of carbonyl (C=O) groups excluding carboxylic acids is 2. The summed E-state index contributed by atoms with van der Waals surface area (Å²) in [5.41, 5.74) is 1.86. The molecule has 3 N–H and O–H groups in total. The van der Waals surface area contributed by atoms with Crippen molar-refractivity contribution in [2.75, 3.05) is 37.4 Å². The Bertz CT molecular complexity index is 826. The standard InChI is InChI=1S/C23H31N3O4/c1-4-17(2)30-21-11-6-9-19(15-21)25-16-22(27)26-20-10-5-8-18(14-20)23(28)24-12-7-13-29-3/h5-6,8-11,14-15,17,25H,4,7,12-13,16H2,1-3H3,(H,24,28)(H,26,27). The lowest BCUT2D eigenvalue weighted by Crippen LogP contribution is -2.25. The number of ether oxygens (including phenoxy) is 2. The molecule has 0 radical (unpaired) electrons. The third kappa shape index (κ3) is 8.13. The van der Waals surface area contributed by atoms with Crippen LogP contribution in [0, 0.1) is 0 Å². The van der Waals surface area contributed by atoms with E-state index >= 15 is 0 Å². The number of amides is 2. The maximum Gasteiger partial charge on any atom is 0.251 e. The first-order valence-electron chi connectivity index (χ1n) is 10.2. The van der Waals surface area contributed by atoms with E-state index in [-0.39, 0.29) is 24.5 Å². The van der Waals surface area contributed by atoms with Crippen LogP contribution in [0.3, 0.4) is 0 Å². The molecule has 0 saturated carbocycles. The zero-order valence-corrected chi connectivity index (χ0v) is 17.9. The molecule has 2 rings (SSSR count). The highest BCUT2D eigenvalue weighted by Crippen LogP contribution is 2.19. The summed E-state index contributed by atoms with van der Waals surface area (Å²) in [6.07, 6.45) is 1.80. The molecule has 7 heteroatoms. The molecule has 0 aromatic heterocycles. The van der Waals surface area contributed by atoms with E-state index in [1.54, 1.807) is 31.4 Å². The van der Waals surface area contributed by atoms with Crippen molar-refractivity contribution in [1.29, 1.82) is 0 Å². The fourth-order valence-corrected chi connectivity index (χ4v) is 2.64. The second-order valence-corrected chi connectivity index (χ2v) is 6.95. The number of rotatable bonds is 12. The molecule has 0 aliphatic carbocycles. The molecule has 0 aliphatic rings. The number of methoxy groups -OCH3 is 1. The maximum atomic E-state index is 12.3. The van der Waals surface area contributed by atoms with Crippen LogP contribution in [0.15, 0.2) is 48.5 Å². The SMILES string of the molecule is CCC(C)Oc1cccc(NCC(=O)Nc2cccc(C(=O)NCCCOC)c2)c1. The van der Waals surface area contributed by atoms with E-state index in [0.29, 0.717) is 24.4 Å². The summed E-state index contributed by atoms with van der Waals surface area (Å²) in [5, 5.41) is 8.73. The second-order valence-electron chi connectivity index (χ2n) is 6.95. The van der Waals surface area contributed by atoms with E-state index in [2.05, 4.69) is 22.9 Å². The van der Waals surface area contributed by atoms with Crippen molar-refractivity contribution in [3.05, 3.63) is 54.1 Å². The van der Waals surface area contributed by atoms with E-state index in [1.165, 1.54) is 0 Å². The highest BCUT2D eigenvalue weighted by Gasteiger charge is 2.08. The minimum atomic E-state index is -0.207. The topological polar surface area (TPSA) is 88.7 Å². The van der Waals surface area contributed by atoms with Gasteiger partial charge in [0.2, 0.25) is 5.91 Å². The summed E-state index contributed by atoms with van der Waals surface area (Å²) in [7, 11) is 1.63. The minimum Gasteiger partial charge on any atom is -0.491 e. The molecule has 0 fully saturated rings. The van der Waals surface area contributed by atoms with Crippen LogP contribution in [0.25, 0.3) is 0 Å². The normalized spacial score (nSPS) is 11.4. The molecule has 7 nitrogen and oxygen atoms in total. The molecular formula is C23H31N3O4. The zero-order chi connectivity index (χ0) is 21.8. The lowest BCUT2D eigenvalue weighted by atomic mass is 10.2. The van der Waals surface area contributed by atoms with Gasteiger partial charge in [-0.2, -0.15) is 0 Å². The summed E-state index contributed by atoms with van der Waals surface area (Å²) in [5.74, 6) is 0.373. The van der Waals surface area contributed by atoms with Gasteiger partial charge in [0.1, 0.15) is 5.75 Å². The monoisotopic (exact) mass is 413 g/mol. The van der Waals surface area contributed by atoms with Crippen LogP contribution in [0.1, 0.15) is 37.0 Å². The summed E-state index contributed by atoms with van der Waals surface area (Å²) >= 11 is 0. The molecular weight excluding hydrogens is 382 g/mol. The third-order valence-corrected chi connectivity index (χ3v) is 4.42. The van der Waals surface area contributed by atoms with Crippen LogP contribution in [0.4, 0.5) is 11.4 Å². The van der Waals surface area contributed by atoms with Gasteiger partial charge in [0.25, 0.3) is 5.91 Å². The van der Waals surface area contributed by atoms with E-state index in [0.717, 1.165) is 24.3 Å². The lowest BCUT2D eigenvalue weighted by Gasteiger charge is -2.14. The molecule has 1 atom stereocenters. The van der Waals surface area contributed by atoms with Gasteiger partial charge in [-0.25, -0.2) is 0 Å². The Kier molecular flexibility index (Phi) is 9.67. The Morgan fingerprint density at radius 3 is 2.60 bits per heavy atom. The lowest BCUT2D eigenvalue weighted by molar-refractivity contribution is -0.114. The van der Waals surface area contributed by atoms with Crippen molar-refractivity contribution in [1.82, 2.24) is 5.32 Å². The summed E-state index contributed by atoms with van der Waals surface area (Å²) in [6, 6.07) is 14.4. The summed E-state index contributed by atoms with van der Waals surface area (Å²) in [6.45, 7) is 5.31. The second kappa shape index (κ2) is 12.5. The predicted molar refractivity (Wildman–Crippen MR) is 119 cm³/mol.